The van der Waals surface area contributed by atoms with E-state index in [4.69, 9.17) is 4.98 Å². The highest BCUT2D eigenvalue weighted by atomic mass is 32.2. The third-order valence-corrected chi connectivity index (χ3v) is 7.82. The second-order valence-corrected chi connectivity index (χ2v) is 10.3. The number of sulfonamides is 1. The van der Waals surface area contributed by atoms with E-state index in [9.17, 15) is 8.42 Å². The largest absolute Gasteiger partial charge is 0.354 e. The van der Waals surface area contributed by atoms with Crippen LogP contribution in [0.15, 0.2) is 55.1 Å². The van der Waals surface area contributed by atoms with Crippen LogP contribution in [0.25, 0.3) is 33.4 Å². The van der Waals surface area contributed by atoms with Gasteiger partial charge in [-0.15, -0.1) is 0 Å². The summed E-state index contributed by atoms with van der Waals surface area (Å²) in [6.07, 6.45) is 7.33. The van der Waals surface area contributed by atoms with Gasteiger partial charge >= 0.3 is 0 Å². The first-order valence-electron chi connectivity index (χ1n) is 10.9. The van der Waals surface area contributed by atoms with E-state index in [1.54, 1.807) is 28.3 Å². The van der Waals surface area contributed by atoms with E-state index in [0.29, 0.717) is 26.2 Å². The SMILES string of the molecule is CCS(=O)(=O)N1CCN(c2ccc(-c3nc(-c4cnn(C)c4)cc4ncccc34)cn2)CC1. The Kier molecular flexibility index (Phi) is 5.55. The summed E-state index contributed by atoms with van der Waals surface area (Å²) >= 11 is 0. The van der Waals surface area contributed by atoms with Crippen molar-refractivity contribution in [2.75, 3.05) is 36.8 Å². The maximum absolute atomic E-state index is 12.1. The Labute approximate surface area is 192 Å². The van der Waals surface area contributed by atoms with E-state index in [0.717, 1.165) is 39.2 Å². The zero-order valence-electron chi connectivity index (χ0n) is 18.6. The molecule has 1 fully saturated rings. The molecule has 0 radical (unpaired) electrons. The van der Waals surface area contributed by atoms with Gasteiger partial charge in [-0.05, 0) is 37.3 Å². The van der Waals surface area contributed by atoms with Crippen LogP contribution in [0.2, 0.25) is 0 Å². The van der Waals surface area contributed by atoms with Crippen molar-refractivity contribution < 1.29 is 8.42 Å². The lowest BCUT2D eigenvalue weighted by Gasteiger charge is -2.34. The van der Waals surface area contributed by atoms with Gasteiger partial charge in [0.1, 0.15) is 5.82 Å². The number of pyridine rings is 3. The molecule has 0 atom stereocenters. The van der Waals surface area contributed by atoms with E-state index in [2.05, 4.69) is 20.0 Å². The molecule has 0 N–H and O–H groups in total. The van der Waals surface area contributed by atoms with Crippen molar-refractivity contribution in [2.24, 2.45) is 7.05 Å². The first-order valence-corrected chi connectivity index (χ1v) is 12.5. The monoisotopic (exact) mass is 463 g/mol. The van der Waals surface area contributed by atoms with Gasteiger partial charge in [0.05, 0.1) is 28.9 Å². The Balaban J connectivity index is 1.44. The van der Waals surface area contributed by atoms with Crippen molar-refractivity contribution in [2.45, 2.75) is 6.92 Å². The second-order valence-electron chi connectivity index (χ2n) is 8.02. The number of fused-ring (bicyclic) bond motifs is 1. The Hall–Kier alpha value is -3.37. The van der Waals surface area contributed by atoms with Crippen molar-refractivity contribution >= 4 is 26.7 Å². The highest BCUT2D eigenvalue weighted by molar-refractivity contribution is 7.89. The van der Waals surface area contributed by atoms with Gasteiger partial charge in [-0.25, -0.2) is 18.4 Å². The van der Waals surface area contributed by atoms with E-state index in [1.807, 2.05) is 49.8 Å². The number of hydrogen-bond donors (Lipinski definition) is 0. The van der Waals surface area contributed by atoms with Gasteiger partial charge in [0, 0.05) is 68.3 Å². The standard InChI is InChI=1S/C23H25N7O2S/c1-3-33(31,32)30-11-9-29(10-12-30)22-7-6-17(14-25-22)23-19-5-4-8-24-21(19)13-20(27-23)18-15-26-28(2)16-18/h4-8,13-16H,3,9-12H2,1-2H3. The van der Waals surface area contributed by atoms with Gasteiger partial charge in [-0.3, -0.25) is 9.67 Å². The minimum absolute atomic E-state index is 0.133. The van der Waals surface area contributed by atoms with E-state index in [1.165, 1.54) is 0 Å². The van der Waals surface area contributed by atoms with Crippen LogP contribution < -0.4 is 4.90 Å². The molecule has 0 amide bonds. The molecule has 1 aliphatic heterocycles. The zero-order valence-corrected chi connectivity index (χ0v) is 19.4. The summed E-state index contributed by atoms with van der Waals surface area (Å²) in [4.78, 5) is 16.3. The maximum Gasteiger partial charge on any atom is 0.213 e. The summed E-state index contributed by atoms with van der Waals surface area (Å²) in [6.45, 7) is 3.87. The summed E-state index contributed by atoms with van der Waals surface area (Å²) in [7, 11) is -1.27. The molecule has 0 saturated carbocycles. The van der Waals surface area contributed by atoms with Crippen LogP contribution in [0.5, 0.6) is 0 Å². The maximum atomic E-state index is 12.1. The van der Waals surface area contributed by atoms with Crippen LogP contribution in [-0.2, 0) is 17.1 Å². The number of nitrogens with zero attached hydrogens (tertiary/aromatic N) is 7. The van der Waals surface area contributed by atoms with Gasteiger partial charge in [0.15, 0.2) is 0 Å². The minimum atomic E-state index is -3.15. The summed E-state index contributed by atoms with van der Waals surface area (Å²) in [6, 6.07) is 9.88. The van der Waals surface area contributed by atoms with E-state index >= 15 is 0 Å². The summed E-state index contributed by atoms with van der Waals surface area (Å²) in [5, 5.41) is 5.22. The average molecular weight is 464 g/mol. The molecule has 10 heteroatoms. The number of rotatable bonds is 5. The molecule has 0 unspecified atom stereocenters. The van der Waals surface area contributed by atoms with Crippen LogP contribution in [0.3, 0.4) is 0 Å². The van der Waals surface area contributed by atoms with Crippen LogP contribution in [0.1, 0.15) is 6.92 Å². The summed E-state index contributed by atoms with van der Waals surface area (Å²) in [5.74, 6) is 0.964. The molecule has 5 heterocycles. The Bertz CT molecular complexity index is 1390. The molecule has 1 aliphatic rings. The van der Waals surface area contributed by atoms with Crippen LogP contribution in [-0.4, -0.2) is 69.4 Å². The van der Waals surface area contributed by atoms with Gasteiger partial charge in [0.25, 0.3) is 0 Å². The zero-order chi connectivity index (χ0) is 23.0. The van der Waals surface area contributed by atoms with Crippen molar-refractivity contribution in [3.63, 3.8) is 0 Å². The molecule has 33 heavy (non-hydrogen) atoms. The summed E-state index contributed by atoms with van der Waals surface area (Å²) in [5.41, 5.74) is 4.31. The van der Waals surface area contributed by atoms with Crippen LogP contribution >= 0.6 is 0 Å². The molecule has 9 nitrogen and oxygen atoms in total. The highest BCUT2D eigenvalue weighted by Gasteiger charge is 2.26. The van der Waals surface area contributed by atoms with Crippen molar-refractivity contribution in [1.82, 2.24) is 29.0 Å². The smallest absolute Gasteiger partial charge is 0.213 e. The molecule has 170 valence electrons. The fraction of sp³-hybridized carbons (Fsp3) is 0.304. The van der Waals surface area contributed by atoms with E-state index in [-0.39, 0.29) is 5.75 Å². The number of hydrogen-bond acceptors (Lipinski definition) is 7. The Morgan fingerprint density at radius 3 is 2.48 bits per heavy atom. The number of aryl methyl sites for hydroxylation is 1. The highest BCUT2D eigenvalue weighted by Crippen LogP contribution is 2.30. The minimum Gasteiger partial charge on any atom is -0.354 e. The lowest BCUT2D eigenvalue weighted by atomic mass is 10.1. The fourth-order valence-electron chi connectivity index (χ4n) is 4.09. The average Bonchev–Trinajstić information content (AvgIpc) is 3.30. The lowest BCUT2D eigenvalue weighted by molar-refractivity contribution is 0.384. The Morgan fingerprint density at radius 2 is 1.82 bits per heavy atom. The fourth-order valence-corrected chi connectivity index (χ4v) is 5.17. The Morgan fingerprint density at radius 1 is 1.00 bits per heavy atom. The molecule has 4 aromatic rings. The molecular weight excluding hydrogens is 438 g/mol. The first kappa shape index (κ1) is 21.5. The molecule has 0 aromatic carbocycles. The van der Waals surface area contributed by atoms with Gasteiger partial charge in [-0.2, -0.15) is 9.40 Å². The topological polar surface area (TPSA) is 97.1 Å². The molecule has 0 spiro atoms. The third-order valence-electron chi connectivity index (χ3n) is 5.94. The van der Waals surface area contributed by atoms with Crippen molar-refractivity contribution in [3.05, 3.63) is 55.1 Å². The molecule has 5 rings (SSSR count). The molecule has 0 aliphatic carbocycles. The third kappa shape index (κ3) is 4.19. The predicted octanol–water partition coefficient (Wildman–Crippen LogP) is 2.56. The number of piperazine rings is 1. The van der Waals surface area contributed by atoms with E-state index < -0.39 is 10.0 Å². The van der Waals surface area contributed by atoms with Gasteiger partial charge < -0.3 is 4.90 Å². The number of anilines is 1. The lowest BCUT2D eigenvalue weighted by Crippen LogP contribution is -2.49. The van der Waals surface area contributed by atoms with Crippen LogP contribution in [0.4, 0.5) is 5.82 Å². The first-order chi connectivity index (χ1) is 15.9. The van der Waals surface area contributed by atoms with Crippen molar-refractivity contribution in [3.8, 4) is 22.5 Å². The molecule has 1 saturated heterocycles. The quantitative estimate of drug-likeness (QED) is 0.449. The van der Waals surface area contributed by atoms with Crippen LogP contribution in [0, 0.1) is 0 Å². The second kappa shape index (κ2) is 8.53. The number of aromatic nitrogens is 5. The van der Waals surface area contributed by atoms with Gasteiger partial charge in [-0.1, -0.05) is 0 Å². The molecule has 0 bridgehead atoms. The summed E-state index contributed by atoms with van der Waals surface area (Å²) < 4.78 is 27.5. The van der Waals surface area contributed by atoms with Crippen molar-refractivity contribution in [1.29, 1.82) is 0 Å². The molecule has 4 aromatic heterocycles. The predicted molar refractivity (Wildman–Crippen MR) is 128 cm³/mol. The van der Waals surface area contributed by atoms with Gasteiger partial charge in [0.2, 0.25) is 10.0 Å². The normalized spacial score (nSPS) is 15.3. The molecular formula is C23H25N7O2S.